The average Bonchev–Trinajstić information content (AvgIpc) is 2.85. The maximum atomic E-state index is 13.3. The van der Waals surface area contributed by atoms with Crippen LogP contribution < -0.4 is 10.1 Å². The molecule has 0 spiro atoms. The van der Waals surface area contributed by atoms with Gasteiger partial charge in [0.2, 0.25) is 0 Å². The zero-order valence-electron chi connectivity index (χ0n) is 9.89. The number of nitrogens with one attached hydrogen (secondary N) is 1. The Labute approximate surface area is 107 Å². The van der Waals surface area contributed by atoms with Gasteiger partial charge in [-0.15, -0.1) is 0 Å². The van der Waals surface area contributed by atoms with Crippen molar-refractivity contribution in [1.29, 1.82) is 0 Å². The van der Waals surface area contributed by atoms with Crippen LogP contribution in [0.3, 0.4) is 0 Å². The molecule has 0 aliphatic carbocycles. The number of carbonyl (C=O) groups excluding carboxylic acids is 1. The first-order chi connectivity index (χ1) is 9.06. The fraction of sp³-hybridized carbons (Fsp3) is 0.167. The summed E-state index contributed by atoms with van der Waals surface area (Å²) in [7, 11) is 0. The van der Waals surface area contributed by atoms with Gasteiger partial charge in [0.15, 0.2) is 23.5 Å². The first-order valence-corrected chi connectivity index (χ1v) is 5.39. The summed E-state index contributed by atoms with van der Waals surface area (Å²) in [5.74, 6) is -2.10. The van der Waals surface area contributed by atoms with E-state index in [0.29, 0.717) is 6.07 Å². The Hall–Kier alpha value is -2.44. The number of hydrogen-bond acceptors (Lipinski definition) is 4. The van der Waals surface area contributed by atoms with Crippen molar-refractivity contribution in [2.45, 2.75) is 13.0 Å². The van der Waals surface area contributed by atoms with Crippen LogP contribution in [0.1, 0.15) is 6.92 Å². The summed E-state index contributed by atoms with van der Waals surface area (Å²) in [5.41, 5.74) is 0. The Bertz CT molecular complexity index is 572. The Kier molecular flexibility index (Phi) is 3.74. The number of carbonyl (C=O) groups is 1. The lowest BCUT2D eigenvalue weighted by atomic mass is 10.3. The summed E-state index contributed by atoms with van der Waals surface area (Å²) >= 11 is 0. The largest absolute Gasteiger partial charge is 0.478 e. The van der Waals surface area contributed by atoms with Gasteiger partial charge < -0.3 is 14.6 Å². The number of amides is 1. The first-order valence-electron chi connectivity index (χ1n) is 5.39. The first kappa shape index (κ1) is 13.0. The predicted octanol–water partition coefficient (Wildman–Crippen LogP) is 2.36. The third-order valence-electron chi connectivity index (χ3n) is 2.26. The van der Waals surface area contributed by atoms with Crippen molar-refractivity contribution in [3.8, 4) is 5.75 Å². The minimum absolute atomic E-state index is 0.204. The highest BCUT2D eigenvalue weighted by Crippen LogP contribution is 2.19. The molecule has 1 amide bonds. The zero-order valence-corrected chi connectivity index (χ0v) is 9.89. The minimum atomic E-state index is -0.975. The van der Waals surface area contributed by atoms with Gasteiger partial charge in [-0.25, -0.2) is 8.78 Å². The van der Waals surface area contributed by atoms with Crippen molar-refractivity contribution in [2.75, 3.05) is 5.32 Å². The molecule has 5 nitrogen and oxygen atoms in total. The highest BCUT2D eigenvalue weighted by atomic mass is 19.1. The monoisotopic (exact) mass is 268 g/mol. The van der Waals surface area contributed by atoms with E-state index in [1.165, 1.54) is 19.3 Å². The van der Waals surface area contributed by atoms with E-state index in [-0.39, 0.29) is 11.6 Å². The molecule has 0 saturated heterocycles. The summed E-state index contributed by atoms with van der Waals surface area (Å²) in [4.78, 5) is 11.7. The van der Waals surface area contributed by atoms with Gasteiger partial charge in [0.25, 0.3) is 5.91 Å². The van der Waals surface area contributed by atoms with E-state index >= 15 is 0 Å². The van der Waals surface area contributed by atoms with Crippen LogP contribution in [-0.4, -0.2) is 17.2 Å². The second-order valence-corrected chi connectivity index (χ2v) is 3.71. The number of benzene rings is 1. The lowest BCUT2D eigenvalue weighted by Gasteiger charge is -2.14. The summed E-state index contributed by atoms with van der Waals surface area (Å²) in [5, 5.41) is 5.90. The van der Waals surface area contributed by atoms with Crippen LogP contribution in [0.5, 0.6) is 5.75 Å². The smallest absolute Gasteiger partial charge is 0.266 e. The molecule has 0 bridgehead atoms. The van der Waals surface area contributed by atoms with E-state index in [2.05, 4.69) is 15.0 Å². The molecule has 0 fully saturated rings. The zero-order chi connectivity index (χ0) is 13.8. The van der Waals surface area contributed by atoms with Crippen LogP contribution >= 0.6 is 0 Å². The molecule has 1 aromatic carbocycles. The van der Waals surface area contributed by atoms with Crippen molar-refractivity contribution in [1.82, 2.24) is 5.16 Å². The minimum Gasteiger partial charge on any atom is -0.478 e. The van der Waals surface area contributed by atoms with Gasteiger partial charge >= 0.3 is 0 Å². The topological polar surface area (TPSA) is 64.4 Å². The Morgan fingerprint density at radius 3 is 2.84 bits per heavy atom. The molecule has 1 atom stereocenters. The molecule has 2 rings (SSSR count). The van der Waals surface area contributed by atoms with Crippen molar-refractivity contribution >= 4 is 11.7 Å². The molecule has 100 valence electrons. The fourth-order valence-electron chi connectivity index (χ4n) is 1.32. The van der Waals surface area contributed by atoms with E-state index in [1.807, 2.05) is 0 Å². The van der Waals surface area contributed by atoms with Crippen LogP contribution in [0.4, 0.5) is 14.6 Å². The van der Waals surface area contributed by atoms with Crippen molar-refractivity contribution in [2.24, 2.45) is 0 Å². The van der Waals surface area contributed by atoms with E-state index in [4.69, 9.17) is 4.74 Å². The molecular weight excluding hydrogens is 258 g/mol. The summed E-state index contributed by atoms with van der Waals surface area (Å²) in [6.45, 7) is 1.43. The van der Waals surface area contributed by atoms with Gasteiger partial charge in [-0.3, -0.25) is 4.79 Å². The number of hydrogen-bond donors (Lipinski definition) is 1. The van der Waals surface area contributed by atoms with E-state index < -0.39 is 23.6 Å². The van der Waals surface area contributed by atoms with Gasteiger partial charge in [0.1, 0.15) is 12.1 Å². The molecule has 1 heterocycles. The molecule has 1 aromatic heterocycles. The summed E-state index contributed by atoms with van der Waals surface area (Å²) in [6, 6.07) is 4.28. The fourth-order valence-corrected chi connectivity index (χ4v) is 1.32. The molecule has 2 aromatic rings. The van der Waals surface area contributed by atoms with Crippen molar-refractivity contribution in [3.63, 3.8) is 0 Å². The molecule has 0 aliphatic heterocycles. The molecule has 0 radical (unpaired) electrons. The number of anilines is 1. The van der Waals surface area contributed by atoms with Crippen LogP contribution in [0.25, 0.3) is 0 Å². The standard InChI is InChI=1S/C12H10F2N2O3/c1-7(12(17)15-11-4-5-18-16-11)19-10-3-2-8(13)6-9(10)14/h2-7H,1H3,(H,15,16,17)/t7-/m0/s1. The summed E-state index contributed by atoms with van der Waals surface area (Å²) < 4.78 is 35.7. The quantitative estimate of drug-likeness (QED) is 0.924. The van der Waals surface area contributed by atoms with Crippen LogP contribution in [-0.2, 0) is 4.79 Å². The van der Waals surface area contributed by atoms with Crippen LogP contribution in [0.2, 0.25) is 0 Å². The lowest BCUT2D eigenvalue weighted by Crippen LogP contribution is -2.30. The van der Waals surface area contributed by atoms with E-state index in [1.54, 1.807) is 0 Å². The third kappa shape index (κ3) is 3.27. The van der Waals surface area contributed by atoms with Gasteiger partial charge in [0.05, 0.1) is 0 Å². The lowest BCUT2D eigenvalue weighted by molar-refractivity contribution is -0.122. The molecule has 19 heavy (non-hydrogen) atoms. The number of rotatable bonds is 4. The number of ether oxygens (including phenoxy) is 1. The highest BCUT2D eigenvalue weighted by Gasteiger charge is 2.17. The molecule has 0 unspecified atom stereocenters. The van der Waals surface area contributed by atoms with E-state index in [9.17, 15) is 13.6 Å². The highest BCUT2D eigenvalue weighted by molar-refractivity contribution is 5.93. The van der Waals surface area contributed by atoms with Crippen LogP contribution in [0, 0.1) is 11.6 Å². The van der Waals surface area contributed by atoms with Crippen molar-refractivity contribution < 1.29 is 22.8 Å². The maximum Gasteiger partial charge on any atom is 0.266 e. The average molecular weight is 268 g/mol. The maximum absolute atomic E-state index is 13.3. The van der Waals surface area contributed by atoms with Gasteiger partial charge in [-0.05, 0) is 19.1 Å². The van der Waals surface area contributed by atoms with Crippen LogP contribution in [0.15, 0.2) is 35.1 Å². The Morgan fingerprint density at radius 1 is 1.42 bits per heavy atom. The Morgan fingerprint density at radius 2 is 2.21 bits per heavy atom. The predicted molar refractivity (Wildman–Crippen MR) is 61.6 cm³/mol. The molecule has 0 saturated carbocycles. The molecular formula is C12H10F2N2O3. The van der Waals surface area contributed by atoms with Gasteiger partial charge in [0, 0.05) is 12.1 Å². The molecule has 7 heteroatoms. The van der Waals surface area contributed by atoms with Gasteiger partial charge in [-0.1, -0.05) is 5.16 Å². The second-order valence-electron chi connectivity index (χ2n) is 3.71. The van der Waals surface area contributed by atoms with Crippen molar-refractivity contribution in [3.05, 3.63) is 42.2 Å². The molecule has 1 N–H and O–H groups in total. The SMILES string of the molecule is C[C@H](Oc1ccc(F)cc1F)C(=O)Nc1ccon1. The third-order valence-corrected chi connectivity index (χ3v) is 2.26. The van der Waals surface area contributed by atoms with Gasteiger partial charge in [-0.2, -0.15) is 0 Å². The second kappa shape index (κ2) is 5.47. The number of halogens is 2. The normalized spacial score (nSPS) is 11.9. The van der Waals surface area contributed by atoms with E-state index in [0.717, 1.165) is 12.1 Å². The Balaban J connectivity index is 2.00. The molecule has 0 aliphatic rings. The summed E-state index contributed by atoms with van der Waals surface area (Å²) in [6.07, 6.45) is 0.317. The number of nitrogens with zero attached hydrogens (tertiary/aromatic N) is 1. The number of aromatic nitrogens is 1.